The van der Waals surface area contributed by atoms with E-state index in [0.29, 0.717) is 6.42 Å². The van der Waals surface area contributed by atoms with Gasteiger partial charge >= 0.3 is 0 Å². The fraction of sp³-hybridized carbons (Fsp3) is 0.680. The molecule has 7 heteroatoms. The van der Waals surface area contributed by atoms with E-state index in [4.69, 9.17) is 0 Å². The number of rotatable bonds is 15. The van der Waals surface area contributed by atoms with Crippen LogP contribution < -0.4 is 0 Å². The van der Waals surface area contributed by atoms with Crippen LogP contribution in [0.25, 0.3) is 9.75 Å². The summed E-state index contributed by atoms with van der Waals surface area (Å²) in [6.07, 6.45) is 7.54. The second-order valence-electron chi connectivity index (χ2n) is 9.04. The SMILES string of the molecule is CCCCCCc1cc(C)sc1-c1cc(C[N+](CC)(CC)CCCCS(=O)(=O)[O-])c(C)s1. The molecule has 2 aromatic heterocycles. The summed E-state index contributed by atoms with van der Waals surface area (Å²) in [6.45, 7) is 15.0. The van der Waals surface area contributed by atoms with E-state index in [9.17, 15) is 13.0 Å². The Morgan fingerprint density at radius 1 is 0.906 bits per heavy atom. The van der Waals surface area contributed by atoms with Crippen molar-refractivity contribution in [2.24, 2.45) is 0 Å². The van der Waals surface area contributed by atoms with Gasteiger partial charge in [-0.15, -0.1) is 22.7 Å². The highest BCUT2D eigenvalue weighted by Gasteiger charge is 2.26. The van der Waals surface area contributed by atoms with E-state index in [0.717, 1.165) is 37.1 Å². The maximum Gasteiger partial charge on any atom is 0.105 e. The largest absolute Gasteiger partial charge is 0.748 e. The van der Waals surface area contributed by atoms with Crippen molar-refractivity contribution in [3.8, 4) is 9.75 Å². The van der Waals surface area contributed by atoms with Crippen molar-refractivity contribution in [2.45, 2.75) is 86.1 Å². The predicted octanol–water partition coefficient (Wildman–Crippen LogP) is 6.90. The topological polar surface area (TPSA) is 57.2 Å². The summed E-state index contributed by atoms with van der Waals surface area (Å²) in [6, 6.07) is 4.78. The molecule has 0 atom stereocenters. The van der Waals surface area contributed by atoms with Gasteiger partial charge in [0.2, 0.25) is 0 Å². The lowest BCUT2D eigenvalue weighted by Crippen LogP contribution is -2.47. The zero-order valence-corrected chi connectivity index (χ0v) is 23.0. The Balaban J connectivity index is 2.15. The van der Waals surface area contributed by atoms with Gasteiger partial charge in [-0.25, -0.2) is 8.42 Å². The minimum atomic E-state index is -4.11. The second kappa shape index (κ2) is 12.7. The molecule has 2 aromatic rings. The number of aryl methyl sites for hydroxylation is 3. The maximum absolute atomic E-state index is 10.9. The van der Waals surface area contributed by atoms with E-state index in [2.05, 4.69) is 46.8 Å². The van der Waals surface area contributed by atoms with Crippen molar-refractivity contribution >= 4 is 32.8 Å². The number of quaternary nitrogens is 1. The summed E-state index contributed by atoms with van der Waals surface area (Å²) in [5.74, 6) is -0.249. The predicted molar refractivity (Wildman–Crippen MR) is 139 cm³/mol. The summed E-state index contributed by atoms with van der Waals surface area (Å²) in [5.41, 5.74) is 2.91. The fourth-order valence-corrected chi connectivity index (χ4v) is 7.21. The molecule has 2 heterocycles. The number of hydrogen-bond acceptors (Lipinski definition) is 5. The summed E-state index contributed by atoms with van der Waals surface area (Å²) in [7, 11) is -4.11. The summed E-state index contributed by atoms with van der Waals surface area (Å²) in [4.78, 5) is 5.61. The zero-order chi connectivity index (χ0) is 23.8. The molecule has 0 unspecified atom stereocenters. The van der Waals surface area contributed by atoms with Crippen LogP contribution in [0.1, 0.15) is 80.2 Å². The molecule has 0 saturated carbocycles. The Bertz CT molecular complexity index is 940. The van der Waals surface area contributed by atoms with E-state index in [-0.39, 0.29) is 5.75 Å². The summed E-state index contributed by atoms with van der Waals surface area (Å²) in [5, 5.41) is 0. The second-order valence-corrected chi connectivity index (χ2v) is 13.1. The van der Waals surface area contributed by atoms with Gasteiger partial charge in [-0.3, -0.25) is 0 Å². The van der Waals surface area contributed by atoms with Crippen LogP contribution in [0.15, 0.2) is 12.1 Å². The Hall–Kier alpha value is -0.730. The summed E-state index contributed by atoms with van der Waals surface area (Å²) >= 11 is 3.83. The van der Waals surface area contributed by atoms with Gasteiger partial charge in [0.05, 0.1) is 29.8 Å². The van der Waals surface area contributed by atoms with Crippen molar-refractivity contribution < 1.29 is 17.5 Å². The minimum absolute atomic E-state index is 0.249. The highest BCUT2D eigenvalue weighted by molar-refractivity contribution is 7.85. The molecule has 0 radical (unpaired) electrons. The number of nitrogens with zero attached hydrogens (tertiary/aromatic N) is 1. The number of unbranched alkanes of at least 4 members (excludes halogenated alkanes) is 4. The molecule has 0 spiro atoms. The van der Waals surface area contributed by atoms with Crippen LogP contribution in [0.5, 0.6) is 0 Å². The van der Waals surface area contributed by atoms with Crippen molar-refractivity contribution in [3.05, 3.63) is 33.0 Å². The molecule has 0 bridgehead atoms. The van der Waals surface area contributed by atoms with Crippen molar-refractivity contribution in [2.75, 3.05) is 25.4 Å². The number of hydrogen-bond donors (Lipinski definition) is 0. The first-order valence-corrected chi connectivity index (χ1v) is 15.3. The first-order valence-electron chi connectivity index (χ1n) is 12.1. The Morgan fingerprint density at radius 2 is 1.62 bits per heavy atom. The zero-order valence-electron chi connectivity index (χ0n) is 20.5. The molecule has 4 nitrogen and oxygen atoms in total. The minimum Gasteiger partial charge on any atom is -0.748 e. The van der Waals surface area contributed by atoms with Gasteiger partial charge in [-0.2, -0.15) is 0 Å². The van der Waals surface area contributed by atoms with Gasteiger partial charge < -0.3 is 9.04 Å². The van der Waals surface area contributed by atoms with Crippen LogP contribution >= 0.6 is 22.7 Å². The highest BCUT2D eigenvalue weighted by Crippen LogP contribution is 2.40. The average molecular weight is 500 g/mol. The lowest BCUT2D eigenvalue weighted by molar-refractivity contribution is -0.938. The lowest BCUT2D eigenvalue weighted by atomic mass is 10.1. The Labute approximate surface area is 204 Å². The molecule has 0 saturated heterocycles. The molecule has 0 amide bonds. The van der Waals surface area contributed by atoms with Gasteiger partial charge in [0.15, 0.2) is 0 Å². The van der Waals surface area contributed by atoms with Crippen LogP contribution in [0, 0.1) is 13.8 Å². The third kappa shape index (κ3) is 8.24. The van der Waals surface area contributed by atoms with E-state index in [1.807, 2.05) is 22.7 Å². The molecule has 2 rings (SSSR count). The van der Waals surface area contributed by atoms with Crippen molar-refractivity contribution in [3.63, 3.8) is 0 Å². The third-order valence-corrected chi connectivity index (χ3v) is 9.75. The third-order valence-electron chi connectivity index (χ3n) is 6.60. The summed E-state index contributed by atoms with van der Waals surface area (Å²) < 4.78 is 33.7. The standard InChI is InChI=1S/C25H41NO3S3/c1-6-9-10-11-14-22-17-20(4)30-25(22)24-18-23(21(5)31-24)19-26(7-2,8-3)15-12-13-16-32(27,28)29/h17-18H,6-16,19H2,1-5H3. The molecule has 0 aromatic carbocycles. The van der Waals surface area contributed by atoms with Crippen LogP contribution in [0.3, 0.4) is 0 Å². The molecule has 182 valence electrons. The van der Waals surface area contributed by atoms with Crippen LogP contribution in [-0.4, -0.2) is 42.8 Å². The van der Waals surface area contributed by atoms with Crippen LogP contribution in [0.2, 0.25) is 0 Å². The Kier molecular flexibility index (Phi) is 10.9. The monoisotopic (exact) mass is 499 g/mol. The smallest absolute Gasteiger partial charge is 0.105 e. The molecular formula is C25H41NO3S3. The molecule has 0 aliphatic carbocycles. The first kappa shape index (κ1) is 27.5. The maximum atomic E-state index is 10.9. The molecule has 0 fully saturated rings. The fourth-order valence-electron chi connectivity index (χ4n) is 4.42. The van der Waals surface area contributed by atoms with E-state index < -0.39 is 10.1 Å². The Morgan fingerprint density at radius 3 is 2.25 bits per heavy atom. The van der Waals surface area contributed by atoms with Crippen molar-refractivity contribution in [1.29, 1.82) is 0 Å². The quantitative estimate of drug-likeness (QED) is 0.152. The van der Waals surface area contributed by atoms with Crippen LogP contribution in [-0.2, 0) is 23.1 Å². The normalized spacial score (nSPS) is 12.6. The van der Waals surface area contributed by atoms with Gasteiger partial charge in [-0.1, -0.05) is 26.2 Å². The van der Waals surface area contributed by atoms with Gasteiger partial charge in [0, 0.05) is 30.8 Å². The average Bonchev–Trinajstić information content (AvgIpc) is 3.29. The van der Waals surface area contributed by atoms with E-state index in [1.54, 1.807) is 0 Å². The van der Waals surface area contributed by atoms with E-state index in [1.165, 1.54) is 62.7 Å². The van der Waals surface area contributed by atoms with Gasteiger partial charge in [0.1, 0.15) is 6.54 Å². The first-order chi connectivity index (χ1) is 15.1. The molecule has 0 aliphatic heterocycles. The van der Waals surface area contributed by atoms with Crippen LogP contribution in [0.4, 0.5) is 0 Å². The van der Waals surface area contributed by atoms with Gasteiger partial charge in [-0.05, 0) is 71.1 Å². The van der Waals surface area contributed by atoms with Crippen molar-refractivity contribution in [1.82, 2.24) is 0 Å². The molecule has 0 N–H and O–H groups in total. The molecule has 32 heavy (non-hydrogen) atoms. The van der Waals surface area contributed by atoms with Gasteiger partial charge in [0.25, 0.3) is 0 Å². The molecular weight excluding hydrogens is 458 g/mol. The number of thiophene rings is 2. The highest BCUT2D eigenvalue weighted by atomic mass is 32.2. The van der Waals surface area contributed by atoms with E-state index >= 15 is 0 Å². The molecule has 0 aliphatic rings. The lowest BCUT2D eigenvalue weighted by Gasteiger charge is -2.37.